The molecule has 1 N–H and O–H groups in total. The summed E-state index contributed by atoms with van der Waals surface area (Å²) in [5, 5.41) is 3.42. The first-order chi connectivity index (χ1) is 6.29. The second kappa shape index (κ2) is 3.66. The van der Waals surface area contributed by atoms with Crippen LogP contribution in [-0.2, 0) is 9.53 Å². The van der Waals surface area contributed by atoms with Gasteiger partial charge in [-0.2, -0.15) is 0 Å². The Balaban J connectivity index is 1.90. The normalized spacial score (nSPS) is 37.5. The Morgan fingerprint density at radius 1 is 1.46 bits per heavy atom. The summed E-state index contributed by atoms with van der Waals surface area (Å²) in [4.78, 5) is 11.1. The van der Waals surface area contributed by atoms with Crippen molar-refractivity contribution in [3.05, 3.63) is 0 Å². The Morgan fingerprint density at radius 3 is 3.00 bits per heavy atom. The molecular formula is C10H17NO2. The maximum Gasteiger partial charge on any atom is 0.305 e. The van der Waals surface area contributed by atoms with Crippen LogP contribution >= 0.6 is 0 Å². The molecule has 1 aliphatic heterocycles. The van der Waals surface area contributed by atoms with E-state index in [-0.39, 0.29) is 5.97 Å². The molecule has 2 aliphatic rings. The standard InChI is InChI=1S/C10H17NO2/c1-13-10(12)4-8-2-7-3-9(8)6-11-5-7/h7-9,11H,2-6H2,1H3/t7-,8-,9+/m1/s1. The molecule has 2 bridgehead atoms. The smallest absolute Gasteiger partial charge is 0.305 e. The quantitative estimate of drug-likeness (QED) is 0.643. The minimum Gasteiger partial charge on any atom is -0.469 e. The molecule has 1 saturated heterocycles. The average Bonchev–Trinajstić information content (AvgIpc) is 2.42. The molecule has 13 heavy (non-hydrogen) atoms. The lowest BCUT2D eigenvalue weighted by atomic mass is 9.93. The van der Waals surface area contributed by atoms with Gasteiger partial charge in [-0.1, -0.05) is 0 Å². The fourth-order valence-corrected chi connectivity index (χ4v) is 2.77. The fourth-order valence-electron chi connectivity index (χ4n) is 2.77. The molecule has 0 unspecified atom stereocenters. The summed E-state index contributed by atoms with van der Waals surface area (Å²) >= 11 is 0. The fraction of sp³-hybridized carbons (Fsp3) is 0.900. The number of rotatable bonds is 2. The molecule has 0 amide bonds. The van der Waals surface area contributed by atoms with E-state index in [1.54, 1.807) is 0 Å². The zero-order valence-corrected chi connectivity index (χ0v) is 8.08. The Bertz CT molecular complexity index is 205. The van der Waals surface area contributed by atoms with E-state index >= 15 is 0 Å². The first-order valence-electron chi connectivity index (χ1n) is 5.07. The number of hydrogen-bond donors (Lipinski definition) is 1. The van der Waals surface area contributed by atoms with Gasteiger partial charge in [0.1, 0.15) is 0 Å². The molecule has 74 valence electrons. The van der Waals surface area contributed by atoms with Crippen LogP contribution in [-0.4, -0.2) is 26.2 Å². The molecule has 1 heterocycles. The lowest BCUT2D eigenvalue weighted by Gasteiger charge is -2.21. The van der Waals surface area contributed by atoms with E-state index in [0.29, 0.717) is 12.3 Å². The molecule has 1 saturated carbocycles. The highest BCUT2D eigenvalue weighted by Gasteiger charge is 2.37. The first kappa shape index (κ1) is 9.00. The minimum atomic E-state index is -0.0439. The summed E-state index contributed by atoms with van der Waals surface area (Å²) in [6, 6.07) is 0. The third kappa shape index (κ3) is 1.85. The van der Waals surface area contributed by atoms with Crippen molar-refractivity contribution < 1.29 is 9.53 Å². The molecule has 0 aromatic rings. The number of carbonyl (C=O) groups is 1. The van der Waals surface area contributed by atoms with Gasteiger partial charge in [-0.3, -0.25) is 4.79 Å². The molecule has 3 nitrogen and oxygen atoms in total. The van der Waals surface area contributed by atoms with Gasteiger partial charge in [-0.25, -0.2) is 0 Å². The van der Waals surface area contributed by atoms with Gasteiger partial charge in [-0.05, 0) is 43.7 Å². The van der Waals surface area contributed by atoms with Gasteiger partial charge in [0, 0.05) is 6.42 Å². The molecule has 2 rings (SSSR count). The summed E-state index contributed by atoms with van der Waals surface area (Å²) in [6.45, 7) is 2.24. The minimum absolute atomic E-state index is 0.0439. The molecule has 0 aromatic carbocycles. The monoisotopic (exact) mass is 183 g/mol. The Labute approximate surface area is 78.8 Å². The number of ether oxygens (including phenoxy) is 1. The zero-order chi connectivity index (χ0) is 9.26. The van der Waals surface area contributed by atoms with Gasteiger partial charge in [0.05, 0.1) is 7.11 Å². The molecule has 1 aliphatic carbocycles. The van der Waals surface area contributed by atoms with Crippen molar-refractivity contribution in [1.82, 2.24) is 5.32 Å². The number of methoxy groups -OCH3 is 1. The number of fused-ring (bicyclic) bond motifs is 2. The molecule has 2 fully saturated rings. The lowest BCUT2D eigenvalue weighted by Crippen LogP contribution is -2.32. The van der Waals surface area contributed by atoms with Gasteiger partial charge in [0.15, 0.2) is 0 Å². The van der Waals surface area contributed by atoms with Gasteiger partial charge in [-0.15, -0.1) is 0 Å². The van der Waals surface area contributed by atoms with Gasteiger partial charge < -0.3 is 10.1 Å². The van der Waals surface area contributed by atoms with Crippen molar-refractivity contribution in [1.29, 1.82) is 0 Å². The summed E-state index contributed by atoms with van der Waals surface area (Å²) in [5.74, 6) is 2.07. The number of hydrogen-bond acceptors (Lipinski definition) is 3. The Kier molecular flexibility index (Phi) is 2.54. The first-order valence-corrected chi connectivity index (χ1v) is 5.07. The van der Waals surface area contributed by atoms with Crippen LogP contribution in [0.1, 0.15) is 19.3 Å². The van der Waals surface area contributed by atoms with Crippen molar-refractivity contribution in [3.8, 4) is 0 Å². The van der Waals surface area contributed by atoms with Crippen LogP contribution in [0.2, 0.25) is 0 Å². The zero-order valence-electron chi connectivity index (χ0n) is 8.08. The lowest BCUT2D eigenvalue weighted by molar-refractivity contribution is -0.142. The van der Waals surface area contributed by atoms with Gasteiger partial charge >= 0.3 is 5.97 Å². The number of piperidine rings is 1. The van der Waals surface area contributed by atoms with Crippen molar-refractivity contribution in [3.63, 3.8) is 0 Å². The van der Waals surface area contributed by atoms with Gasteiger partial charge in [0.2, 0.25) is 0 Å². The molecule has 3 heteroatoms. The molecule has 0 radical (unpaired) electrons. The van der Waals surface area contributed by atoms with Crippen LogP contribution in [0.25, 0.3) is 0 Å². The largest absolute Gasteiger partial charge is 0.469 e. The Hall–Kier alpha value is -0.570. The van der Waals surface area contributed by atoms with Crippen LogP contribution in [0.15, 0.2) is 0 Å². The maximum absolute atomic E-state index is 11.1. The van der Waals surface area contributed by atoms with E-state index in [2.05, 4.69) is 5.32 Å². The van der Waals surface area contributed by atoms with Crippen LogP contribution < -0.4 is 5.32 Å². The molecule has 0 spiro atoms. The highest BCUT2D eigenvalue weighted by Crippen LogP contribution is 2.40. The second-order valence-corrected chi connectivity index (χ2v) is 4.30. The van der Waals surface area contributed by atoms with E-state index in [0.717, 1.165) is 24.9 Å². The van der Waals surface area contributed by atoms with Crippen LogP contribution in [0, 0.1) is 17.8 Å². The van der Waals surface area contributed by atoms with Crippen molar-refractivity contribution in [2.24, 2.45) is 17.8 Å². The summed E-state index contributed by atoms with van der Waals surface area (Å²) in [5.41, 5.74) is 0. The van der Waals surface area contributed by atoms with Crippen LogP contribution in [0.4, 0.5) is 0 Å². The van der Waals surface area contributed by atoms with Crippen LogP contribution in [0.3, 0.4) is 0 Å². The third-order valence-electron chi connectivity index (χ3n) is 3.43. The Morgan fingerprint density at radius 2 is 2.31 bits per heavy atom. The summed E-state index contributed by atoms with van der Waals surface area (Å²) in [7, 11) is 1.47. The molecule has 3 atom stereocenters. The van der Waals surface area contributed by atoms with Crippen molar-refractivity contribution in [2.75, 3.05) is 20.2 Å². The SMILES string of the molecule is COC(=O)C[C@H]1C[C@H]2CNC[C@@H]1C2. The second-order valence-electron chi connectivity index (χ2n) is 4.30. The van der Waals surface area contributed by atoms with E-state index in [1.165, 1.54) is 20.0 Å². The third-order valence-corrected chi connectivity index (χ3v) is 3.43. The van der Waals surface area contributed by atoms with E-state index < -0.39 is 0 Å². The number of carbonyl (C=O) groups excluding carboxylic acids is 1. The average molecular weight is 183 g/mol. The molecule has 0 aromatic heterocycles. The predicted octanol–water partition coefficient (Wildman–Crippen LogP) is 0.795. The van der Waals surface area contributed by atoms with E-state index in [9.17, 15) is 4.79 Å². The van der Waals surface area contributed by atoms with E-state index in [4.69, 9.17) is 4.74 Å². The topological polar surface area (TPSA) is 38.3 Å². The summed E-state index contributed by atoms with van der Waals surface area (Å²) in [6.07, 6.45) is 3.15. The number of esters is 1. The molecular weight excluding hydrogens is 166 g/mol. The highest BCUT2D eigenvalue weighted by atomic mass is 16.5. The van der Waals surface area contributed by atoms with Crippen LogP contribution in [0.5, 0.6) is 0 Å². The van der Waals surface area contributed by atoms with Crippen molar-refractivity contribution >= 4 is 5.97 Å². The predicted molar refractivity (Wildman–Crippen MR) is 49.2 cm³/mol. The van der Waals surface area contributed by atoms with Crippen molar-refractivity contribution in [2.45, 2.75) is 19.3 Å². The van der Waals surface area contributed by atoms with Gasteiger partial charge in [0.25, 0.3) is 0 Å². The van der Waals surface area contributed by atoms with E-state index in [1.807, 2.05) is 0 Å². The maximum atomic E-state index is 11.1. The number of nitrogens with one attached hydrogen (secondary N) is 1. The summed E-state index contributed by atoms with van der Waals surface area (Å²) < 4.78 is 4.70. The highest BCUT2D eigenvalue weighted by molar-refractivity contribution is 5.69.